The second kappa shape index (κ2) is 4.17. The van der Waals surface area contributed by atoms with Gasteiger partial charge in [-0.2, -0.15) is 0 Å². The molecule has 0 amide bonds. The van der Waals surface area contributed by atoms with Gasteiger partial charge in [0.05, 0.1) is 0 Å². The number of fused-ring (bicyclic) bond motifs is 4. The van der Waals surface area contributed by atoms with Crippen LogP contribution in [0.15, 0.2) is 34.9 Å². The fraction of sp³-hybridized carbons (Fsp3) is 0.611. The monoisotopic (exact) mass is 270 g/mol. The van der Waals surface area contributed by atoms with Gasteiger partial charge < -0.3 is 5.11 Å². The molecule has 2 heteroatoms. The number of hydrogen-bond acceptors (Lipinski definition) is 2. The molecule has 0 heterocycles. The first-order chi connectivity index (χ1) is 9.58. The largest absolute Gasteiger partial charge is 0.385 e. The van der Waals surface area contributed by atoms with Crippen molar-refractivity contribution in [2.75, 3.05) is 0 Å². The van der Waals surface area contributed by atoms with Gasteiger partial charge in [0.25, 0.3) is 0 Å². The van der Waals surface area contributed by atoms with E-state index in [2.05, 4.69) is 19.1 Å². The summed E-state index contributed by atoms with van der Waals surface area (Å²) >= 11 is 0. The van der Waals surface area contributed by atoms with E-state index in [1.807, 2.05) is 0 Å². The molecule has 4 aliphatic carbocycles. The fourth-order valence-electron chi connectivity index (χ4n) is 5.00. The van der Waals surface area contributed by atoms with Crippen LogP contribution >= 0.6 is 0 Å². The van der Waals surface area contributed by atoms with Crippen molar-refractivity contribution in [3.05, 3.63) is 34.9 Å². The molecular weight excluding hydrogens is 248 g/mol. The molecule has 4 atom stereocenters. The Bertz CT molecular complexity index is 566. The van der Waals surface area contributed by atoms with E-state index >= 15 is 0 Å². The molecule has 1 unspecified atom stereocenters. The molecule has 0 aliphatic heterocycles. The first-order valence-corrected chi connectivity index (χ1v) is 7.94. The maximum atomic E-state index is 11.7. The Hall–Kier alpha value is -1.15. The van der Waals surface area contributed by atoms with E-state index in [-0.39, 0.29) is 5.78 Å². The third kappa shape index (κ3) is 1.64. The molecule has 1 saturated carbocycles. The number of rotatable bonds is 0. The summed E-state index contributed by atoms with van der Waals surface area (Å²) in [7, 11) is 0. The molecule has 20 heavy (non-hydrogen) atoms. The van der Waals surface area contributed by atoms with Crippen LogP contribution in [0, 0.1) is 17.3 Å². The highest BCUT2D eigenvalue weighted by molar-refractivity contribution is 5.96. The number of carbonyl (C=O) groups is 1. The third-order valence-electron chi connectivity index (χ3n) is 6.11. The molecule has 0 aromatic rings. The van der Waals surface area contributed by atoms with Crippen molar-refractivity contribution in [3.63, 3.8) is 0 Å². The number of aliphatic hydroxyl groups is 1. The SMILES string of the molecule is C[C@]12C=CC3=C4CC(O)C(=O)C=C4CC[C@H]3[C@@H]1CCC2. The van der Waals surface area contributed by atoms with Crippen LogP contribution in [0.5, 0.6) is 0 Å². The molecule has 106 valence electrons. The van der Waals surface area contributed by atoms with Crippen molar-refractivity contribution in [2.24, 2.45) is 17.3 Å². The Labute approximate surface area is 120 Å². The Balaban J connectivity index is 1.82. The highest BCUT2D eigenvalue weighted by atomic mass is 16.3. The van der Waals surface area contributed by atoms with Crippen LogP contribution < -0.4 is 0 Å². The van der Waals surface area contributed by atoms with Crippen molar-refractivity contribution < 1.29 is 9.90 Å². The van der Waals surface area contributed by atoms with E-state index in [1.165, 1.54) is 42.4 Å². The van der Waals surface area contributed by atoms with Gasteiger partial charge in [0.2, 0.25) is 0 Å². The van der Waals surface area contributed by atoms with Gasteiger partial charge in [-0.05, 0) is 65.7 Å². The van der Waals surface area contributed by atoms with Crippen LogP contribution in [0.1, 0.15) is 45.4 Å². The molecule has 2 nitrogen and oxygen atoms in total. The Kier molecular flexibility index (Phi) is 2.62. The first-order valence-electron chi connectivity index (χ1n) is 7.94. The van der Waals surface area contributed by atoms with Crippen molar-refractivity contribution in [1.82, 2.24) is 0 Å². The molecule has 0 saturated heterocycles. The lowest BCUT2D eigenvalue weighted by Gasteiger charge is -2.44. The summed E-state index contributed by atoms with van der Waals surface area (Å²) < 4.78 is 0. The van der Waals surface area contributed by atoms with E-state index in [4.69, 9.17) is 0 Å². The van der Waals surface area contributed by atoms with Crippen molar-refractivity contribution in [3.8, 4) is 0 Å². The zero-order valence-corrected chi connectivity index (χ0v) is 12.1. The number of hydrogen-bond donors (Lipinski definition) is 1. The van der Waals surface area contributed by atoms with Gasteiger partial charge in [-0.1, -0.05) is 25.5 Å². The topological polar surface area (TPSA) is 37.3 Å². The third-order valence-corrected chi connectivity index (χ3v) is 6.11. The maximum Gasteiger partial charge on any atom is 0.184 e. The molecule has 0 bridgehead atoms. The van der Waals surface area contributed by atoms with Gasteiger partial charge in [-0.25, -0.2) is 0 Å². The smallest absolute Gasteiger partial charge is 0.184 e. The fourth-order valence-corrected chi connectivity index (χ4v) is 5.00. The molecule has 0 aromatic carbocycles. The van der Waals surface area contributed by atoms with Crippen LogP contribution in [-0.4, -0.2) is 17.0 Å². The summed E-state index contributed by atoms with van der Waals surface area (Å²) in [4.78, 5) is 11.7. The summed E-state index contributed by atoms with van der Waals surface area (Å²) in [6.45, 7) is 2.41. The minimum atomic E-state index is -0.815. The second-order valence-corrected chi connectivity index (χ2v) is 7.21. The number of ketones is 1. The lowest BCUT2D eigenvalue weighted by atomic mass is 9.61. The van der Waals surface area contributed by atoms with Crippen molar-refractivity contribution >= 4 is 5.78 Å². The lowest BCUT2D eigenvalue weighted by molar-refractivity contribution is -0.122. The van der Waals surface area contributed by atoms with Crippen LogP contribution in [-0.2, 0) is 4.79 Å². The molecular formula is C18H22O2. The van der Waals surface area contributed by atoms with Crippen LogP contribution in [0.25, 0.3) is 0 Å². The average Bonchev–Trinajstić information content (AvgIpc) is 2.82. The first kappa shape index (κ1) is 12.6. The van der Waals surface area contributed by atoms with Crippen molar-refractivity contribution in [1.29, 1.82) is 0 Å². The van der Waals surface area contributed by atoms with Crippen LogP contribution in [0.3, 0.4) is 0 Å². The molecule has 4 aliphatic rings. The Morgan fingerprint density at radius 1 is 1.35 bits per heavy atom. The number of aliphatic hydroxyl groups excluding tert-OH is 1. The van der Waals surface area contributed by atoms with Crippen molar-refractivity contribution in [2.45, 2.75) is 51.6 Å². The summed E-state index contributed by atoms with van der Waals surface area (Å²) in [5.74, 6) is 1.32. The number of allylic oxidation sites excluding steroid dienone is 4. The molecule has 0 spiro atoms. The normalized spacial score (nSPS) is 43.0. The number of carbonyl (C=O) groups excluding carboxylic acids is 1. The van der Waals surface area contributed by atoms with Gasteiger partial charge in [0.15, 0.2) is 5.78 Å². The predicted molar refractivity (Wildman–Crippen MR) is 78.1 cm³/mol. The lowest BCUT2D eigenvalue weighted by Crippen LogP contribution is -2.35. The maximum absolute atomic E-state index is 11.7. The Morgan fingerprint density at radius 2 is 2.20 bits per heavy atom. The quantitative estimate of drug-likeness (QED) is 0.733. The van der Waals surface area contributed by atoms with Gasteiger partial charge in [0, 0.05) is 6.42 Å². The van der Waals surface area contributed by atoms with Gasteiger partial charge >= 0.3 is 0 Å². The minimum absolute atomic E-state index is 0.103. The molecule has 1 N–H and O–H groups in total. The van der Waals surface area contributed by atoms with Crippen LogP contribution in [0.2, 0.25) is 0 Å². The van der Waals surface area contributed by atoms with E-state index in [0.717, 1.165) is 12.3 Å². The van der Waals surface area contributed by atoms with Gasteiger partial charge in [0.1, 0.15) is 6.10 Å². The minimum Gasteiger partial charge on any atom is -0.385 e. The van der Waals surface area contributed by atoms with E-state index in [0.29, 0.717) is 17.8 Å². The highest BCUT2D eigenvalue weighted by Crippen LogP contribution is 2.56. The average molecular weight is 270 g/mol. The van der Waals surface area contributed by atoms with E-state index < -0.39 is 6.10 Å². The second-order valence-electron chi connectivity index (χ2n) is 7.21. The van der Waals surface area contributed by atoms with Crippen LogP contribution in [0.4, 0.5) is 0 Å². The standard InChI is InChI=1S/C18H22O2/c1-18-7-2-3-15(18)13-5-4-11-9-16(19)17(20)10-14(11)12(13)6-8-18/h6,8-9,13,15,17,20H,2-5,7,10H2,1H3/t13-,15+,17?,18+/m1/s1. The Morgan fingerprint density at radius 3 is 3.05 bits per heavy atom. The summed E-state index contributed by atoms with van der Waals surface area (Å²) in [6, 6.07) is 0. The molecule has 0 aromatic heterocycles. The predicted octanol–water partition coefficient (Wildman–Crippen LogP) is 3.33. The highest BCUT2D eigenvalue weighted by Gasteiger charge is 2.46. The zero-order valence-electron chi connectivity index (χ0n) is 12.1. The van der Waals surface area contributed by atoms with Gasteiger partial charge in [-0.15, -0.1) is 0 Å². The summed E-state index contributed by atoms with van der Waals surface area (Å²) in [5.41, 5.74) is 4.29. The summed E-state index contributed by atoms with van der Waals surface area (Å²) in [6.07, 6.45) is 12.3. The van der Waals surface area contributed by atoms with E-state index in [9.17, 15) is 9.90 Å². The molecule has 0 radical (unpaired) electrons. The molecule has 4 rings (SSSR count). The zero-order chi connectivity index (χ0) is 13.9. The van der Waals surface area contributed by atoms with Gasteiger partial charge in [-0.3, -0.25) is 4.79 Å². The van der Waals surface area contributed by atoms with E-state index in [1.54, 1.807) is 6.08 Å². The molecule has 1 fully saturated rings. The summed E-state index contributed by atoms with van der Waals surface area (Å²) in [5, 5.41) is 9.89.